The van der Waals surface area contributed by atoms with Gasteiger partial charge in [0.05, 0.1) is 18.6 Å². The van der Waals surface area contributed by atoms with Crippen LogP contribution >= 0.6 is 0 Å². The van der Waals surface area contributed by atoms with Crippen molar-refractivity contribution in [2.24, 2.45) is 0 Å². The molecule has 0 spiro atoms. The van der Waals surface area contributed by atoms with E-state index in [4.69, 9.17) is 0 Å². The van der Waals surface area contributed by atoms with Crippen molar-refractivity contribution in [1.82, 2.24) is 30.3 Å². The molecule has 3 heterocycles. The number of carbonyl (C=O) groups is 1. The molecule has 7 heteroatoms. The number of rotatable bonds is 4. The molecule has 0 saturated carbocycles. The number of fused-ring (bicyclic) bond motifs is 1. The predicted octanol–water partition coefficient (Wildman–Crippen LogP) is 0.528. The van der Waals surface area contributed by atoms with Gasteiger partial charge in [-0.25, -0.2) is 0 Å². The molecule has 2 aromatic rings. The number of aromatic nitrogens is 3. The number of piperazine rings is 1. The van der Waals surface area contributed by atoms with Gasteiger partial charge in [-0.3, -0.25) is 4.79 Å². The van der Waals surface area contributed by atoms with Crippen LogP contribution in [0.5, 0.6) is 0 Å². The first-order valence-corrected chi connectivity index (χ1v) is 9.42. The second-order valence-corrected chi connectivity index (χ2v) is 7.17. The number of benzene rings is 1. The van der Waals surface area contributed by atoms with Gasteiger partial charge in [0.1, 0.15) is 5.82 Å². The molecule has 2 aliphatic rings. The van der Waals surface area contributed by atoms with Gasteiger partial charge < -0.3 is 20.1 Å². The molecule has 2 N–H and O–H groups in total. The van der Waals surface area contributed by atoms with Gasteiger partial charge in [0.25, 0.3) is 0 Å². The minimum atomic E-state index is -0.136. The van der Waals surface area contributed by atoms with Crippen molar-refractivity contribution in [3.8, 4) is 0 Å². The summed E-state index contributed by atoms with van der Waals surface area (Å²) in [4.78, 5) is 14.7. The fourth-order valence-corrected chi connectivity index (χ4v) is 3.90. The van der Waals surface area contributed by atoms with Crippen LogP contribution < -0.4 is 10.6 Å². The Kier molecular flexibility index (Phi) is 4.99. The minimum absolute atomic E-state index is 0.136. The Balaban J connectivity index is 1.44. The fraction of sp³-hybridized carbons (Fsp3) is 0.526. The van der Waals surface area contributed by atoms with Gasteiger partial charge in [-0.1, -0.05) is 30.3 Å². The summed E-state index contributed by atoms with van der Waals surface area (Å²) in [6.07, 6.45) is 1.81. The molecule has 2 aliphatic heterocycles. The zero-order valence-electron chi connectivity index (χ0n) is 15.2. The van der Waals surface area contributed by atoms with E-state index in [-0.39, 0.29) is 18.0 Å². The Bertz CT molecular complexity index is 753. The number of hydrogen-bond donors (Lipinski definition) is 2. The molecule has 7 nitrogen and oxygen atoms in total. The molecule has 1 fully saturated rings. The lowest BCUT2D eigenvalue weighted by Crippen LogP contribution is -2.57. The van der Waals surface area contributed by atoms with Gasteiger partial charge in [-0.2, -0.15) is 0 Å². The number of nitrogens with one attached hydrogen (secondary N) is 2. The van der Waals surface area contributed by atoms with E-state index in [0.29, 0.717) is 19.6 Å². The van der Waals surface area contributed by atoms with E-state index in [0.717, 1.165) is 37.6 Å². The summed E-state index contributed by atoms with van der Waals surface area (Å²) in [7, 11) is 0. The SMILES string of the molecule is C[C@H]1CN(C(=O)[C@@H]2CNCCN2)Cc2nnc(CCc3ccccc3)n21. The topological polar surface area (TPSA) is 75.1 Å². The average molecular weight is 354 g/mol. The second kappa shape index (κ2) is 7.55. The maximum Gasteiger partial charge on any atom is 0.241 e. The van der Waals surface area contributed by atoms with E-state index in [9.17, 15) is 4.79 Å². The summed E-state index contributed by atoms with van der Waals surface area (Å²) < 4.78 is 2.22. The average Bonchev–Trinajstić information content (AvgIpc) is 3.11. The molecule has 0 radical (unpaired) electrons. The molecule has 1 aromatic heterocycles. The first kappa shape index (κ1) is 17.2. The summed E-state index contributed by atoms with van der Waals surface area (Å²) >= 11 is 0. The zero-order valence-corrected chi connectivity index (χ0v) is 15.2. The van der Waals surface area contributed by atoms with Gasteiger partial charge in [0, 0.05) is 32.6 Å². The molecule has 0 unspecified atom stereocenters. The van der Waals surface area contributed by atoms with Gasteiger partial charge >= 0.3 is 0 Å². The Labute approximate surface area is 153 Å². The van der Waals surface area contributed by atoms with Crippen LogP contribution in [0.3, 0.4) is 0 Å². The van der Waals surface area contributed by atoms with Crippen molar-refractivity contribution < 1.29 is 4.79 Å². The number of hydrogen-bond acceptors (Lipinski definition) is 5. The normalized spacial score (nSPS) is 22.9. The summed E-state index contributed by atoms with van der Waals surface area (Å²) in [5.74, 6) is 2.06. The Morgan fingerprint density at radius 3 is 2.81 bits per heavy atom. The quantitative estimate of drug-likeness (QED) is 0.838. The fourth-order valence-electron chi connectivity index (χ4n) is 3.90. The summed E-state index contributed by atoms with van der Waals surface area (Å²) in [6.45, 7) is 5.84. The van der Waals surface area contributed by atoms with E-state index >= 15 is 0 Å². The second-order valence-electron chi connectivity index (χ2n) is 7.17. The van der Waals surface area contributed by atoms with E-state index in [1.165, 1.54) is 5.56 Å². The lowest BCUT2D eigenvalue weighted by Gasteiger charge is -2.36. The van der Waals surface area contributed by atoms with Crippen LogP contribution in [0.4, 0.5) is 0 Å². The van der Waals surface area contributed by atoms with Crippen molar-refractivity contribution in [2.45, 2.75) is 38.4 Å². The molecular weight excluding hydrogens is 328 g/mol. The van der Waals surface area contributed by atoms with Crippen LogP contribution in [0.1, 0.15) is 30.2 Å². The zero-order chi connectivity index (χ0) is 17.9. The van der Waals surface area contributed by atoms with Crippen LogP contribution in [-0.4, -0.2) is 57.8 Å². The highest BCUT2D eigenvalue weighted by atomic mass is 16.2. The molecule has 26 heavy (non-hydrogen) atoms. The van der Waals surface area contributed by atoms with Gasteiger partial charge in [0.2, 0.25) is 5.91 Å². The number of nitrogens with zero attached hydrogens (tertiary/aromatic N) is 4. The Morgan fingerprint density at radius 1 is 1.19 bits per heavy atom. The molecule has 1 saturated heterocycles. The van der Waals surface area contributed by atoms with Crippen molar-refractivity contribution in [3.63, 3.8) is 0 Å². The number of carbonyl (C=O) groups excluding carboxylic acids is 1. The van der Waals surface area contributed by atoms with Crippen LogP contribution in [0.15, 0.2) is 30.3 Å². The van der Waals surface area contributed by atoms with E-state index in [1.807, 2.05) is 11.0 Å². The molecule has 1 aromatic carbocycles. The van der Waals surface area contributed by atoms with Crippen LogP contribution in [0, 0.1) is 0 Å². The van der Waals surface area contributed by atoms with Crippen molar-refractivity contribution >= 4 is 5.91 Å². The lowest BCUT2D eigenvalue weighted by atomic mass is 10.1. The van der Waals surface area contributed by atoms with Crippen molar-refractivity contribution in [2.75, 3.05) is 26.2 Å². The third-order valence-corrected chi connectivity index (χ3v) is 5.23. The molecule has 1 amide bonds. The molecular formula is C19H26N6O. The third kappa shape index (κ3) is 3.50. The van der Waals surface area contributed by atoms with Crippen LogP contribution in [-0.2, 0) is 24.2 Å². The van der Waals surface area contributed by atoms with Crippen molar-refractivity contribution in [3.05, 3.63) is 47.5 Å². The minimum Gasteiger partial charge on any atom is -0.332 e. The summed E-state index contributed by atoms with van der Waals surface area (Å²) in [5.41, 5.74) is 1.31. The van der Waals surface area contributed by atoms with E-state index < -0.39 is 0 Å². The Morgan fingerprint density at radius 2 is 2.04 bits per heavy atom. The standard InChI is InChI=1S/C19H26N6O/c1-14-12-24(19(26)16-11-20-9-10-21-16)13-18-23-22-17(25(14)18)8-7-15-5-3-2-4-6-15/h2-6,14,16,20-21H,7-13H2,1H3/t14-,16-/m0/s1. The van der Waals surface area contributed by atoms with Crippen LogP contribution in [0.25, 0.3) is 0 Å². The maximum absolute atomic E-state index is 12.8. The van der Waals surface area contributed by atoms with E-state index in [2.05, 4.69) is 56.6 Å². The Hall–Kier alpha value is -2.25. The number of amides is 1. The first-order chi connectivity index (χ1) is 12.7. The van der Waals surface area contributed by atoms with Crippen LogP contribution in [0.2, 0.25) is 0 Å². The monoisotopic (exact) mass is 354 g/mol. The predicted molar refractivity (Wildman–Crippen MR) is 98.7 cm³/mol. The lowest BCUT2D eigenvalue weighted by molar-refractivity contribution is -0.135. The highest BCUT2D eigenvalue weighted by Crippen LogP contribution is 2.23. The largest absolute Gasteiger partial charge is 0.332 e. The molecule has 0 aliphatic carbocycles. The third-order valence-electron chi connectivity index (χ3n) is 5.23. The molecule has 4 rings (SSSR count). The van der Waals surface area contributed by atoms with E-state index in [1.54, 1.807) is 0 Å². The van der Waals surface area contributed by atoms with Gasteiger partial charge in [-0.15, -0.1) is 10.2 Å². The van der Waals surface area contributed by atoms with Crippen molar-refractivity contribution in [1.29, 1.82) is 0 Å². The number of aryl methyl sites for hydroxylation is 2. The highest BCUT2D eigenvalue weighted by molar-refractivity contribution is 5.82. The van der Waals surface area contributed by atoms with Gasteiger partial charge in [-0.05, 0) is 18.9 Å². The molecule has 0 bridgehead atoms. The first-order valence-electron chi connectivity index (χ1n) is 9.42. The maximum atomic E-state index is 12.8. The molecule has 138 valence electrons. The highest BCUT2D eigenvalue weighted by Gasteiger charge is 2.32. The van der Waals surface area contributed by atoms with Gasteiger partial charge in [0.15, 0.2) is 5.82 Å². The summed E-state index contributed by atoms with van der Waals surface area (Å²) in [5, 5.41) is 15.4. The summed E-state index contributed by atoms with van der Waals surface area (Å²) in [6, 6.07) is 10.5. The smallest absolute Gasteiger partial charge is 0.241 e. The molecule has 2 atom stereocenters.